The van der Waals surface area contributed by atoms with E-state index >= 15 is 0 Å². The van der Waals surface area contributed by atoms with Gasteiger partial charge in [0.15, 0.2) is 0 Å². The number of primary sulfonamides is 1. The maximum Gasteiger partial charge on any atom is 0.407 e. The SMILES string of the molecule is CC(C)(C)OC(=O)NCCN1CC(S(N)(=O)=O)CC1=O. The van der Waals surface area contributed by atoms with Gasteiger partial charge < -0.3 is 15.0 Å². The lowest BCUT2D eigenvalue weighted by Crippen LogP contribution is -2.39. The quantitative estimate of drug-likeness (QED) is 0.719. The lowest BCUT2D eigenvalue weighted by Gasteiger charge is -2.21. The van der Waals surface area contributed by atoms with Crippen molar-refractivity contribution in [1.29, 1.82) is 0 Å². The van der Waals surface area contributed by atoms with Gasteiger partial charge >= 0.3 is 6.09 Å². The van der Waals surface area contributed by atoms with Crippen molar-refractivity contribution in [3.05, 3.63) is 0 Å². The summed E-state index contributed by atoms with van der Waals surface area (Å²) in [4.78, 5) is 24.4. The number of likely N-dealkylation sites (tertiary alicyclic amines) is 1. The Hall–Kier alpha value is -1.35. The summed E-state index contributed by atoms with van der Waals surface area (Å²) >= 11 is 0. The molecule has 1 unspecified atom stereocenters. The second kappa shape index (κ2) is 5.96. The van der Waals surface area contributed by atoms with Gasteiger partial charge in [-0.3, -0.25) is 4.79 Å². The van der Waals surface area contributed by atoms with Crippen molar-refractivity contribution in [3.63, 3.8) is 0 Å². The van der Waals surface area contributed by atoms with Gasteiger partial charge in [0.1, 0.15) is 10.9 Å². The number of alkyl carbamates (subject to hydrolysis) is 1. The molecule has 2 amide bonds. The Morgan fingerprint density at radius 1 is 1.50 bits per heavy atom. The second-order valence-electron chi connectivity index (χ2n) is 5.68. The van der Waals surface area contributed by atoms with Gasteiger partial charge in [0.05, 0.1) is 0 Å². The van der Waals surface area contributed by atoms with Gasteiger partial charge in [-0.05, 0) is 20.8 Å². The first-order chi connectivity index (χ1) is 8.99. The zero-order valence-electron chi connectivity index (χ0n) is 11.9. The van der Waals surface area contributed by atoms with Crippen LogP contribution in [-0.4, -0.2) is 55.8 Å². The minimum Gasteiger partial charge on any atom is -0.444 e. The third kappa shape index (κ3) is 5.33. The minimum atomic E-state index is -3.71. The average molecular weight is 307 g/mol. The van der Waals surface area contributed by atoms with Crippen LogP contribution >= 0.6 is 0 Å². The molecule has 9 heteroatoms. The van der Waals surface area contributed by atoms with Gasteiger partial charge in [-0.1, -0.05) is 0 Å². The standard InChI is InChI=1S/C11H21N3O5S/c1-11(2,3)19-10(16)13-4-5-14-7-8(6-9(14)15)20(12,17)18/h8H,4-7H2,1-3H3,(H,13,16)(H2,12,17,18). The molecule has 1 saturated heterocycles. The number of rotatable bonds is 4. The number of carbonyl (C=O) groups is 2. The summed E-state index contributed by atoms with van der Waals surface area (Å²) in [6, 6.07) is 0. The molecule has 0 radical (unpaired) electrons. The number of sulfonamides is 1. The molecule has 0 spiro atoms. The van der Waals surface area contributed by atoms with E-state index < -0.39 is 27.0 Å². The lowest BCUT2D eigenvalue weighted by atomic mass is 10.2. The summed E-state index contributed by atoms with van der Waals surface area (Å²) in [6.07, 6.45) is -0.683. The van der Waals surface area contributed by atoms with Crippen molar-refractivity contribution in [2.75, 3.05) is 19.6 Å². The molecule has 0 saturated carbocycles. The summed E-state index contributed by atoms with van der Waals surface area (Å²) in [5.41, 5.74) is -0.591. The molecule has 0 aliphatic carbocycles. The zero-order valence-corrected chi connectivity index (χ0v) is 12.7. The predicted molar refractivity (Wildman–Crippen MR) is 72.3 cm³/mol. The summed E-state index contributed by atoms with van der Waals surface area (Å²) in [7, 11) is -3.71. The molecule has 0 aromatic heterocycles. The van der Waals surface area contributed by atoms with E-state index in [0.29, 0.717) is 0 Å². The van der Waals surface area contributed by atoms with Gasteiger partial charge in [-0.2, -0.15) is 0 Å². The number of nitrogens with one attached hydrogen (secondary N) is 1. The van der Waals surface area contributed by atoms with Crippen molar-refractivity contribution in [3.8, 4) is 0 Å². The lowest BCUT2D eigenvalue weighted by molar-refractivity contribution is -0.127. The Kier molecular flexibility index (Phi) is 4.98. The van der Waals surface area contributed by atoms with Crippen LogP contribution in [0.5, 0.6) is 0 Å². The highest BCUT2D eigenvalue weighted by Crippen LogP contribution is 2.15. The molecule has 1 rings (SSSR count). The molecule has 116 valence electrons. The molecule has 0 bridgehead atoms. The van der Waals surface area contributed by atoms with Crippen molar-refractivity contribution >= 4 is 22.0 Å². The number of hydrogen-bond donors (Lipinski definition) is 2. The van der Waals surface area contributed by atoms with E-state index in [1.54, 1.807) is 20.8 Å². The highest BCUT2D eigenvalue weighted by atomic mass is 32.2. The first-order valence-corrected chi connectivity index (χ1v) is 7.86. The van der Waals surface area contributed by atoms with Gasteiger partial charge in [0.2, 0.25) is 15.9 Å². The minimum absolute atomic E-state index is 0.0632. The van der Waals surface area contributed by atoms with Crippen LogP contribution < -0.4 is 10.5 Å². The Bertz CT molecular complexity index is 483. The summed E-state index contributed by atoms with van der Waals surface area (Å²) < 4.78 is 27.4. The van der Waals surface area contributed by atoms with Crippen molar-refractivity contribution in [1.82, 2.24) is 10.2 Å². The zero-order chi connectivity index (χ0) is 15.6. The number of nitrogens with two attached hydrogens (primary N) is 1. The molecule has 1 fully saturated rings. The fourth-order valence-electron chi connectivity index (χ4n) is 1.78. The van der Waals surface area contributed by atoms with E-state index in [-0.39, 0.29) is 32.0 Å². The Morgan fingerprint density at radius 3 is 2.55 bits per heavy atom. The largest absolute Gasteiger partial charge is 0.444 e. The van der Waals surface area contributed by atoms with Crippen LogP contribution in [0, 0.1) is 0 Å². The summed E-state index contributed by atoms with van der Waals surface area (Å²) in [5, 5.41) is 6.66. The van der Waals surface area contributed by atoms with Gasteiger partial charge in [-0.25, -0.2) is 18.4 Å². The molecule has 1 heterocycles. The van der Waals surface area contributed by atoms with Crippen LogP contribution in [0.1, 0.15) is 27.2 Å². The molecule has 20 heavy (non-hydrogen) atoms. The highest BCUT2D eigenvalue weighted by Gasteiger charge is 2.36. The third-order valence-electron chi connectivity index (χ3n) is 2.69. The smallest absolute Gasteiger partial charge is 0.407 e. The summed E-state index contributed by atoms with van der Waals surface area (Å²) in [6.45, 7) is 5.71. The fraction of sp³-hybridized carbons (Fsp3) is 0.818. The van der Waals surface area contributed by atoms with Crippen LogP contribution in [0.25, 0.3) is 0 Å². The number of ether oxygens (including phenoxy) is 1. The Labute approximate surface area is 118 Å². The van der Waals surface area contributed by atoms with Crippen molar-refractivity contribution < 1.29 is 22.7 Å². The number of carbonyl (C=O) groups excluding carboxylic acids is 2. The molecular formula is C11H21N3O5S. The van der Waals surface area contributed by atoms with Gasteiger partial charge in [0.25, 0.3) is 0 Å². The van der Waals surface area contributed by atoms with Gasteiger partial charge in [0, 0.05) is 26.1 Å². The van der Waals surface area contributed by atoms with Crippen LogP contribution in [0.15, 0.2) is 0 Å². The maximum atomic E-state index is 11.6. The van der Waals surface area contributed by atoms with Gasteiger partial charge in [-0.15, -0.1) is 0 Å². The predicted octanol–water partition coefficient (Wildman–Crippen LogP) is -0.599. The number of amides is 2. The normalized spacial score (nSPS) is 20.1. The molecule has 0 aromatic rings. The van der Waals surface area contributed by atoms with E-state index in [1.165, 1.54) is 4.90 Å². The van der Waals surface area contributed by atoms with E-state index in [4.69, 9.17) is 9.88 Å². The maximum absolute atomic E-state index is 11.6. The average Bonchev–Trinajstić information content (AvgIpc) is 2.57. The first kappa shape index (κ1) is 16.7. The highest BCUT2D eigenvalue weighted by molar-refractivity contribution is 7.89. The van der Waals surface area contributed by atoms with Crippen LogP contribution in [0.4, 0.5) is 4.79 Å². The molecule has 1 aliphatic rings. The monoisotopic (exact) mass is 307 g/mol. The second-order valence-corrected chi connectivity index (χ2v) is 7.53. The molecule has 0 aromatic carbocycles. The number of nitrogens with zero attached hydrogens (tertiary/aromatic N) is 1. The Morgan fingerprint density at radius 2 is 2.10 bits per heavy atom. The van der Waals surface area contributed by atoms with Crippen LogP contribution in [-0.2, 0) is 19.6 Å². The van der Waals surface area contributed by atoms with Crippen LogP contribution in [0.2, 0.25) is 0 Å². The number of hydrogen-bond acceptors (Lipinski definition) is 5. The summed E-state index contributed by atoms with van der Waals surface area (Å²) in [5.74, 6) is -0.282. The van der Waals surface area contributed by atoms with E-state index in [9.17, 15) is 18.0 Å². The Balaban J connectivity index is 2.37. The van der Waals surface area contributed by atoms with E-state index in [1.807, 2.05) is 0 Å². The molecule has 8 nitrogen and oxygen atoms in total. The fourth-order valence-corrected chi connectivity index (χ4v) is 2.54. The van der Waals surface area contributed by atoms with Crippen LogP contribution in [0.3, 0.4) is 0 Å². The van der Waals surface area contributed by atoms with E-state index in [2.05, 4.69) is 5.32 Å². The van der Waals surface area contributed by atoms with Crippen molar-refractivity contribution in [2.45, 2.75) is 38.0 Å². The topological polar surface area (TPSA) is 119 Å². The molecule has 1 atom stereocenters. The van der Waals surface area contributed by atoms with E-state index in [0.717, 1.165) is 0 Å². The first-order valence-electron chi connectivity index (χ1n) is 6.25. The molecule has 3 N–H and O–H groups in total. The van der Waals surface area contributed by atoms with Crippen molar-refractivity contribution in [2.24, 2.45) is 5.14 Å². The molecule has 1 aliphatic heterocycles. The molecular weight excluding hydrogens is 286 g/mol. The third-order valence-corrected chi connectivity index (χ3v) is 3.94.